The number of carbonyl (C=O) groups is 2. The first-order valence-electron chi connectivity index (χ1n) is 13.9. The van der Waals surface area contributed by atoms with Crippen molar-refractivity contribution in [2.75, 3.05) is 7.05 Å². The molecule has 0 saturated heterocycles. The second kappa shape index (κ2) is 9.55. The molecule has 0 fully saturated rings. The van der Waals surface area contributed by atoms with Gasteiger partial charge in [-0.25, -0.2) is 4.85 Å². The van der Waals surface area contributed by atoms with E-state index in [1.54, 1.807) is 6.07 Å². The number of aryl methyl sites for hydroxylation is 2. The molecule has 204 valence electrons. The second-order valence-corrected chi connectivity index (χ2v) is 10.9. The third-order valence-corrected chi connectivity index (χ3v) is 8.42. The smallest absolute Gasteiger partial charge is 0.263 e. The Morgan fingerprint density at radius 3 is 1.86 bits per heavy atom. The van der Waals surface area contributed by atoms with Gasteiger partial charge in [0.15, 0.2) is 5.69 Å². The molecule has 5 aromatic carbocycles. The number of nitriles is 1. The first kappa shape index (κ1) is 26.0. The number of hydrogen-bond acceptors (Lipinski definition) is 3. The number of benzene rings is 5. The number of para-hydroxylation sites is 2. The van der Waals surface area contributed by atoms with Crippen molar-refractivity contribution in [2.24, 2.45) is 0 Å². The summed E-state index contributed by atoms with van der Waals surface area (Å²) in [6.45, 7) is 11.5. The summed E-state index contributed by atoms with van der Waals surface area (Å²) in [5.74, 6) is -0.663. The quantitative estimate of drug-likeness (QED) is 0.162. The highest BCUT2D eigenvalue weighted by Gasteiger charge is 2.36. The normalized spacial score (nSPS) is 12.5. The number of nitrogens with zero attached hydrogens (tertiary/aromatic N) is 4. The van der Waals surface area contributed by atoms with Crippen LogP contribution in [0.5, 0.6) is 0 Å². The topological polar surface area (TPSA) is 70.5 Å². The van der Waals surface area contributed by atoms with E-state index in [1.807, 2.05) is 74.5 Å². The summed E-state index contributed by atoms with van der Waals surface area (Å²) in [7, 11) is 1.51. The van der Waals surface area contributed by atoms with Crippen LogP contribution in [-0.4, -0.2) is 28.3 Å². The maximum absolute atomic E-state index is 13.6. The molecular formula is C37H24N4O2. The highest BCUT2D eigenvalue weighted by atomic mass is 16.2. The Morgan fingerprint density at radius 1 is 0.698 bits per heavy atom. The summed E-state index contributed by atoms with van der Waals surface area (Å²) in [6, 6.07) is 31.3. The van der Waals surface area contributed by atoms with E-state index in [-0.39, 0.29) is 11.8 Å². The average molecular weight is 557 g/mol. The number of aromatic nitrogens is 1. The Kier molecular flexibility index (Phi) is 5.76. The molecule has 43 heavy (non-hydrogen) atoms. The molecule has 2 heterocycles. The van der Waals surface area contributed by atoms with Crippen molar-refractivity contribution in [3.63, 3.8) is 0 Å². The van der Waals surface area contributed by atoms with Gasteiger partial charge >= 0.3 is 0 Å². The summed E-state index contributed by atoms with van der Waals surface area (Å²) in [5, 5.41) is 11.5. The van der Waals surface area contributed by atoms with Gasteiger partial charge in [-0.1, -0.05) is 72.3 Å². The van der Waals surface area contributed by atoms with Crippen LogP contribution < -0.4 is 0 Å². The Hall–Kier alpha value is -5.98. The molecule has 2 amide bonds. The van der Waals surface area contributed by atoms with Crippen LogP contribution in [-0.2, 0) is 0 Å². The van der Waals surface area contributed by atoms with Gasteiger partial charge in [0, 0.05) is 28.9 Å². The van der Waals surface area contributed by atoms with Gasteiger partial charge in [0.2, 0.25) is 0 Å². The minimum absolute atomic E-state index is 0.323. The highest BCUT2D eigenvalue weighted by Crippen LogP contribution is 2.44. The van der Waals surface area contributed by atoms with Gasteiger partial charge < -0.3 is 4.57 Å². The number of imide groups is 1. The minimum atomic E-state index is -0.340. The van der Waals surface area contributed by atoms with Crippen molar-refractivity contribution >= 4 is 39.3 Å². The first-order chi connectivity index (χ1) is 20.8. The van der Waals surface area contributed by atoms with E-state index in [0.29, 0.717) is 28.1 Å². The second-order valence-electron chi connectivity index (χ2n) is 10.9. The third-order valence-electron chi connectivity index (χ3n) is 8.42. The van der Waals surface area contributed by atoms with Gasteiger partial charge in [-0.3, -0.25) is 14.5 Å². The van der Waals surface area contributed by atoms with E-state index < -0.39 is 0 Å². The molecule has 1 aliphatic rings. The number of carbonyl (C=O) groups excluding carboxylic acids is 2. The van der Waals surface area contributed by atoms with Crippen LogP contribution in [0.25, 0.3) is 54.6 Å². The summed E-state index contributed by atoms with van der Waals surface area (Å²) >= 11 is 0. The van der Waals surface area contributed by atoms with Crippen LogP contribution in [0.15, 0.2) is 91.0 Å². The summed E-state index contributed by atoms with van der Waals surface area (Å²) in [5.41, 5.74) is 10.1. The standard InChI is InChI=1S/C37H24N4O2/c1-21-18-23(20-38)14-16-25(21)27-8-5-10-29-30-11-6-9-28(26-17-15-24(39-3)19-22(26)2)35(30)41(34(27)29)32-13-7-12-31-33(32)37(43)40(4)36(31)42/h5-19H,1-2,4H3. The lowest BCUT2D eigenvalue weighted by atomic mass is 9.96. The number of rotatable bonds is 3. The van der Waals surface area contributed by atoms with Crippen molar-refractivity contribution in [3.05, 3.63) is 130 Å². The Labute approximate surface area is 248 Å². The molecule has 1 aliphatic heterocycles. The predicted octanol–water partition coefficient (Wildman–Crippen LogP) is 8.38. The van der Waals surface area contributed by atoms with Crippen LogP contribution in [0.2, 0.25) is 0 Å². The molecule has 0 aliphatic carbocycles. The van der Waals surface area contributed by atoms with E-state index in [9.17, 15) is 14.9 Å². The van der Waals surface area contributed by atoms with E-state index in [2.05, 4.69) is 39.7 Å². The molecule has 0 radical (unpaired) electrons. The van der Waals surface area contributed by atoms with Crippen LogP contribution in [0.4, 0.5) is 5.69 Å². The molecule has 0 saturated carbocycles. The molecular weight excluding hydrogens is 532 g/mol. The Bertz CT molecular complexity index is 2170. The molecule has 6 aromatic rings. The molecule has 1 aromatic heterocycles. The maximum atomic E-state index is 13.6. The molecule has 0 unspecified atom stereocenters. The van der Waals surface area contributed by atoms with E-state index in [4.69, 9.17) is 6.57 Å². The SMILES string of the molecule is [C-]#[N+]c1ccc(-c2cccc3c4cccc(-c5ccc(C#N)cc5C)c4n(-c4cccc5c4C(=O)N(C)C5=O)c23)c(C)c1. The fraction of sp³-hybridized carbons (Fsp3) is 0.0811. The van der Waals surface area contributed by atoms with Gasteiger partial charge in [-0.15, -0.1) is 0 Å². The fourth-order valence-corrected chi connectivity index (χ4v) is 6.42. The van der Waals surface area contributed by atoms with Gasteiger partial charge in [0.05, 0.1) is 46.1 Å². The molecule has 0 bridgehead atoms. The van der Waals surface area contributed by atoms with Crippen LogP contribution in [0, 0.1) is 31.8 Å². The van der Waals surface area contributed by atoms with E-state index >= 15 is 0 Å². The van der Waals surface area contributed by atoms with Crippen molar-refractivity contribution in [1.82, 2.24) is 9.47 Å². The number of fused-ring (bicyclic) bond motifs is 4. The zero-order valence-electron chi connectivity index (χ0n) is 23.8. The minimum Gasteiger partial charge on any atom is -0.307 e. The van der Waals surface area contributed by atoms with Gasteiger partial charge in [0.1, 0.15) is 0 Å². The van der Waals surface area contributed by atoms with Gasteiger partial charge in [0.25, 0.3) is 11.8 Å². The van der Waals surface area contributed by atoms with Gasteiger partial charge in [-0.2, -0.15) is 5.26 Å². The lowest BCUT2D eigenvalue weighted by molar-refractivity contribution is 0.0693. The highest BCUT2D eigenvalue weighted by molar-refractivity contribution is 6.24. The first-order valence-corrected chi connectivity index (χ1v) is 13.9. The van der Waals surface area contributed by atoms with Crippen LogP contribution in [0.1, 0.15) is 37.4 Å². The van der Waals surface area contributed by atoms with E-state index in [1.165, 1.54) is 11.9 Å². The number of hydrogen-bond donors (Lipinski definition) is 0. The molecule has 0 N–H and O–H groups in total. The zero-order valence-corrected chi connectivity index (χ0v) is 23.8. The average Bonchev–Trinajstić information content (AvgIpc) is 3.48. The Morgan fingerprint density at radius 2 is 1.28 bits per heavy atom. The third kappa shape index (κ3) is 3.71. The van der Waals surface area contributed by atoms with E-state index in [0.717, 1.165) is 55.2 Å². The summed E-state index contributed by atoms with van der Waals surface area (Å²) in [6.07, 6.45) is 0. The lowest BCUT2D eigenvalue weighted by Crippen LogP contribution is -2.24. The van der Waals surface area contributed by atoms with Crippen LogP contribution >= 0.6 is 0 Å². The van der Waals surface area contributed by atoms with Crippen molar-refractivity contribution in [3.8, 4) is 34.0 Å². The molecule has 6 nitrogen and oxygen atoms in total. The number of amides is 2. The Balaban J connectivity index is 1.69. The largest absolute Gasteiger partial charge is 0.307 e. The maximum Gasteiger partial charge on any atom is 0.263 e. The molecule has 0 atom stereocenters. The molecule has 0 spiro atoms. The summed E-state index contributed by atoms with van der Waals surface area (Å²) < 4.78 is 2.12. The fourth-order valence-electron chi connectivity index (χ4n) is 6.42. The van der Waals surface area contributed by atoms with Crippen LogP contribution in [0.3, 0.4) is 0 Å². The van der Waals surface area contributed by atoms with Crippen molar-refractivity contribution in [1.29, 1.82) is 5.26 Å². The van der Waals surface area contributed by atoms with Crippen molar-refractivity contribution in [2.45, 2.75) is 13.8 Å². The van der Waals surface area contributed by atoms with Gasteiger partial charge in [-0.05, 0) is 54.8 Å². The monoisotopic (exact) mass is 556 g/mol. The predicted molar refractivity (Wildman–Crippen MR) is 169 cm³/mol. The molecule has 6 heteroatoms. The summed E-state index contributed by atoms with van der Waals surface area (Å²) in [4.78, 5) is 31.5. The van der Waals surface area contributed by atoms with Crippen molar-refractivity contribution < 1.29 is 9.59 Å². The zero-order chi connectivity index (χ0) is 30.0. The molecule has 7 rings (SSSR count). The lowest BCUT2D eigenvalue weighted by Gasteiger charge is -2.17.